The van der Waals surface area contributed by atoms with Crippen LogP contribution in [0.5, 0.6) is 5.75 Å². The Bertz CT molecular complexity index is 979. The van der Waals surface area contributed by atoms with Crippen molar-refractivity contribution in [2.24, 2.45) is 5.92 Å². The summed E-state index contributed by atoms with van der Waals surface area (Å²) in [6, 6.07) is 11.6. The van der Waals surface area contributed by atoms with Crippen LogP contribution in [0.25, 0.3) is 0 Å². The smallest absolute Gasteiger partial charge is 0.262 e. The molecule has 0 saturated carbocycles. The van der Waals surface area contributed by atoms with Crippen LogP contribution in [0.15, 0.2) is 42.5 Å². The number of nitrogens with zero attached hydrogens (tertiary/aromatic N) is 1. The van der Waals surface area contributed by atoms with Gasteiger partial charge in [0.05, 0.1) is 23.8 Å². The van der Waals surface area contributed by atoms with Crippen molar-refractivity contribution in [2.75, 3.05) is 6.61 Å². The zero-order valence-corrected chi connectivity index (χ0v) is 17.5. The first-order valence-electron chi connectivity index (χ1n) is 10.4. The molecule has 30 heavy (non-hydrogen) atoms. The standard InChI is InChI=1S/C24H26N2O4/c1-14(2)12-20(26-23(28)16-6-4-5-7-17(16)24(26)29)22(27)25-19-10-11-30-21-9-8-15(3)13-18(19)21/h4-9,13-14,19-20H,10-12H2,1-3H3,(H,25,27). The minimum absolute atomic E-state index is 0.134. The second-order valence-electron chi connectivity index (χ2n) is 8.41. The van der Waals surface area contributed by atoms with E-state index in [0.717, 1.165) is 21.8 Å². The van der Waals surface area contributed by atoms with Gasteiger partial charge in [-0.1, -0.05) is 43.7 Å². The van der Waals surface area contributed by atoms with Gasteiger partial charge < -0.3 is 10.1 Å². The van der Waals surface area contributed by atoms with Crippen molar-refractivity contribution in [1.29, 1.82) is 0 Å². The summed E-state index contributed by atoms with van der Waals surface area (Å²) in [6.07, 6.45) is 1.04. The molecular weight excluding hydrogens is 380 g/mol. The summed E-state index contributed by atoms with van der Waals surface area (Å²) in [5, 5.41) is 3.09. The molecule has 0 saturated heterocycles. The van der Waals surface area contributed by atoms with E-state index in [1.165, 1.54) is 0 Å². The van der Waals surface area contributed by atoms with Gasteiger partial charge >= 0.3 is 0 Å². The number of rotatable bonds is 5. The van der Waals surface area contributed by atoms with Crippen molar-refractivity contribution in [3.63, 3.8) is 0 Å². The third-order valence-electron chi connectivity index (χ3n) is 5.66. The van der Waals surface area contributed by atoms with Gasteiger partial charge in [0.1, 0.15) is 11.8 Å². The van der Waals surface area contributed by atoms with Gasteiger partial charge in [0.25, 0.3) is 11.8 Å². The van der Waals surface area contributed by atoms with Crippen molar-refractivity contribution in [3.8, 4) is 5.75 Å². The number of amides is 3. The molecular formula is C24H26N2O4. The number of ether oxygens (including phenoxy) is 1. The van der Waals surface area contributed by atoms with E-state index in [0.29, 0.717) is 30.6 Å². The number of carbonyl (C=O) groups excluding carboxylic acids is 3. The highest BCUT2D eigenvalue weighted by atomic mass is 16.5. The number of fused-ring (bicyclic) bond motifs is 2. The quantitative estimate of drug-likeness (QED) is 0.769. The zero-order chi connectivity index (χ0) is 21.4. The first-order valence-corrected chi connectivity index (χ1v) is 10.4. The van der Waals surface area contributed by atoms with Gasteiger partial charge in [-0.3, -0.25) is 19.3 Å². The normalized spacial score (nSPS) is 18.7. The fourth-order valence-electron chi connectivity index (χ4n) is 4.20. The summed E-state index contributed by atoms with van der Waals surface area (Å²) in [6.45, 7) is 6.45. The van der Waals surface area contributed by atoms with Gasteiger partial charge in [-0.05, 0) is 37.5 Å². The molecule has 0 aliphatic carbocycles. The average molecular weight is 406 g/mol. The van der Waals surface area contributed by atoms with E-state index in [9.17, 15) is 14.4 Å². The number of aryl methyl sites for hydroxylation is 1. The molecule has 2 heterocycles. The molecule has 2 aliphatic heterocycles. The highest BCUT2D eigenvalue weighted by Crippen LogP contribution is 2.33. The monoisotopic (exact) mass is 406 g/mol. The van der Waals surface area contributed by atoms with Crippen LogP contribution >= 0.6 is 0 Å². The van der Waals surface area contributed by atoms with Crippen LogP contribution in [-0.2, 0) is 4.79 Å². The Balaban J connectivity index is 1.62. The number of hydrogen-bond donors (Lipinski definition) is 1. The molecule has 2 atom stereocenters. The zero-order valence-electron chi connectivity index (χ0n) is 17.5. The van der Waals surface area contributed by atoms with E-state index < -0.39 is 17.9 Å². The summed E-state index contributed by atoms with van der Waals surface area (Å²) >= 11 is 0. The Labute approximate surface area is 176 Å². The molecule has 6 nitrogen and oxygen atoms in total. The lowest BCUT2D eigenvalue weighted by atomic mass is 9.96. The summed E-state index contributed by atoms with van der Waals surface area (Å²) in [5.41, 5.74) is 2.73. The fraction of sp³-hybridized carbons (Fsp3) is 0.375. The van der Waals surface area contributed by atoms with Crippen LogP contribution in [-0.4, -0.2) is 35.3 Å². The molecule has 2 aromatic carbocycles. The van der Waals surface area contributed by atoms with Crippen LogP contribution in [0.2, 0.25) is 0 Å². The summed E-state index contributed by atoms with van der Waals surface area (Å²) in [5.74, 6) is -0.218. The van der Waals surface area contributed by atoms with Gasteiger partial charge in [0.15, 0.2) is 0 Å². The average Bonchev–Trinajstić information content (AvgIpc) is 2.97. The molecule has 0 radical (unpaired) electrons. The minimum Gasteiger partial charge on any atom is -0.493 e. The van der Waals surface area contributed by atoms with E-state index in [1.54, 1.807) is 24.3 Å². The third kappa shape index (κ3) is 3.58. The molecule has 156 valence electrons. The van der Waals surface area contributed by atoms with E-state index in [1.807, 2.05) is 39.0 Å². The lowest BCUT2D eigenvalue weighted by molar-refractivity contribution is -0.126. The first kappa shape index (κ1) is 20.1. The Kier molecular flexibility index (Phi) is 5.33. The van der Waals surface area contributed by atoms with Crippen molar-refractivity contribution in [2.45, 2.75) is 45.7 Å². The molecule has 0 bridgehead atoms. The summed E-state index contributed by atoms with van der Waals surface area (Å²) in [7, 11) is 0. The molecule has 2 aliphatic rings. The van der Waals surface area contributed by atoms with E-state index in [4.69, 9.17) is 4.74 Å². The molecule has 0 spiro atoms. The maximum atomic E-state index is 13.4. The van der Waals surface area contributed by atoms with Crippen molar-refractivity contribution < 1.29 is 19.1 Å². The molecule has 0 aromatic heterocycles. The lowest BCUT2D eigenvalue weighted by Crippen LogP contribution is -2.51. The Hall–Kier alpha value is -3.15. The Morgan fingerprint density at radius 3 is 2.43 bits per heavy atom. The molecule has 3 amide bonds. The number of benzene rings is 2. The molecule has 2 aromatic rings. The second-order valence-corrected chi connectivity index (χ2v) is 8.41. The maximum Gasteiger partial charge on any atom is 0.262 e. The van der Waals surface area contributed by atoms with Crippen LogP contribution in [0, 0.1) is 12.8 Å². The van der Waals surface area contributed by atoms with Crippen LogP contribution < -0.4 is 10.1 Å². The highest BCUT2D eigenvalue weighted by Gasteiger charge is 2.43. The van der Waals surface area contributed by atoms with E-state index in [-0.39, 0.29) is 17.9 Å². The van der Waals surface area contributed by atoms with Gasteiger partial charge in [-0.2, -0.15) is 0 Å². The lowest BCUT2D eigenvalue weighted by Gasteiger charge is -2.31. The minimum atomic E-state index is -0.853. The summed E-state index contributed by atoms with van der Waals surface area (Å²) in [4.78, 5) is 40.5. The predicted octanol–water partition coefficient (Wildman–Crippen LogP) is 3.65. The van der Waals surface area contributed by atoms with Crippen molar-refractivity contribution in [1.82, 2.24) is 10.2 Å². The maximum absolute atomic E-state index is 13.4. The van der Waals surface area contributed by atoms with Gasteiger partial charge in [-0.25, -0.2) is 0 Å². The molecule has 4 rings (SSSR count). The second kappa shape index (κ2) is 7.94. The number of carbonyl (C=O) groups is 3. The topological polar surface area (TPSA) is 75.7 Å². The highest BCUT2D eigenvalue weighted by molar-refractivity contribution is 6.22. The fourth-order valence-corrected chi connectivity index (χ4v) is 4.20. The van der Waals surface area contributed by atoms with Crippen LogP contribution in [0.3, 0.4) is 0 Å². The van der Waals surface area contributed by atoms with Gasteiger partial charge in [0.2, 0.25) is 5.91 Å². The number of imide groups is 1. The largest absolute Gasteiger partial charge is 0.493 e. The van der Waals surface area contributed by atoms with Crippen LogP contribution in [0.1, 0.15) is 64.6 Å². The Morgan fingerprint density at radius 2 is 1.80 bits per heavy atom. The predicted molar refractivity (Wildman–Crippen MR) is 112 cm³/mol. The summed E-state index contributed by atoms with van der Waals surface area (Å²) < 4.78 is 5.72. The third-order valence-corrected chi connectivity index (χ3v) is 5.66. The van der Waals surface area contributed by atoms with Crippen molar-refractivity contribution >= 4 is 17.7 Å². The van der Waals surface area contributed by atoms with Gasteiger partial charge in [-0.15, -0.1) is 0 Å². The Morgan fingerprint density at radius 1 is 1.13 bits per heavy atom. The van der Waals surface area contributed by atoms with Crippen molar-refractivity contribution in [3.05, 3.63) is 64.7 Å². The van der Waals surface area contributed by atoms with E-state index in [2.05, 4.69) is 5.32 Å². The van der Waals surface area contributed by atoms with Crippen LogP contribution in [0.4, 0.5) is 0 Å². The molecule has 0 fully saturated rings. The number of hydrogen-bond acceptors (Lipinski definition) is 4. The first-order chi connectivity index (χ1) is 14.4. The molecule has 6 heteroatoms. The van der Waals surface area contributed by atoms with E-state index >= 15 is 0 Å². The number of nitrogens with one attached hydrogen (secondary N) is 1. The SMILES string of the molecule is Cc1ccc2c(c1)C(NC(=O)C(CC(C)C)N1C(=O)c3ccccc3C1=O)CCO2. The molecule has 2 unspecified atom stereocenters. The van der Waals surface area contributed by atoms with Gasteiger partial charge in [0, 0.05) is 12.0 Å². The molecule has 1 N–H and O–H groups in total.